The fourth-order valence-corrected chi connectivity index (χ4v) is 3.46. The van der Waals surface area contributed by atoms with Gasteiger partial charge in [0, 0.05) is 20.1 Å². The van der Waals surface area contributed by atoms with Gasteiger partial charge in [0.1, 0.15) is 0 Å². The Kier molecular flexibility index (Phi) is 6.80. The van der Waals surface area contributed by atoms with Crippen molar-refractivity contribution in [3.05, 3.63) is 29.3 Å². The van der Waals surface area contributed by atoms with Gasteiger partial charge in [-0.15, -0.1) is 0 Å². The number of rotatable bonds is 8. The highest BCUT2D eigenvalue weighted by atomic mass is 32.2. The van der Waals surface area contributed by atoms with Crippen LogP contribution >= 0.6 is 0 Å². The molecule has 1 rings (SSSR count). The van der Waals surface area contributed by atoms with Gasteiger partial charge in [0.05, 0.1) is 17.6 Å². The summed E-state index contributed by atoms with van der Waals surface area (Å²) in [4.78, 5) is 0.347. The Morgan fingerprint density at radius 3 is 2.52 bits per heavy atom. The van der Waals surface area contributed by atoms with Crippen molar-refractivity contribution in [3.8, 4) is 0 Å². The van der Waals surface area contributed by atoms with Crippen LogP contribution in [0.3, 0.4) is 0 Å². The SMILES string of the molecule is CCc1ccc(CN)cc1S(=O)(=O)N(C)CCOC(C)C. The van der Waals surface area contributed by atoms with Crippen LogP contribution < -0.4 is 5.73 Å². The first-order valence-electron chi connectivity index (χ1n) is 7.22. The zero-order chi connectivity index (χ0) is 16.0. The predicted molar refractivity (Wildman–Crippen MR) is 84.6 cm³/mol. The van der Waals surface area contributed by atoms with Crippen molar-refractivity contribution in [2.75, 3.05) is 20.2 Å². The molecular formula is C15H26N2O3S. The number of aryl methyl sites for hydroxylation is 1. The molecule has 0 saturated carbocycles. The Hall–Kier alpha value is -0.950. The Morgan fingerprint density at radius 1 is 1.33 bits per heavy atom. The fourth-order valence-electron chi connectivity index (χ4n) is 1.96. The normalized spacial score (nSPS) is 12.3. The Balaban J connectivity index is 3.00. The molecule has 5 nitrogen and oxygen atoms in total. The van der Waals surface area contributed by atoms with Gasteiger partial charge >= 0.3 is 0 Å². The molecule has 0 aliphatic carbocycles. The monoisotopic (exact) mass is 314 g/mol. The first-order valence-corrected chi connectivity index (χ1v) is 8.66. The van der Waals surface area contributed by atoms with Crippen molar-refractivity contribution in [1.82, 2.24) is 4.31 Å². The summed E-state index contributed by atoms with van der Waals surface area (Å²) in [6.07, 6.45) is 0.753. The predicted octanol–water partition coefficient (Wildman–Crippen LogP) is 1.75. The van der Waals surface area contributed by atoms with Gasteiger partial charge in [0.15, 0.2) is 0 Å². The third-order valence-corrected chi connectivity index (χ3v) is 5.23. The quantitative estimate of drug-likeness (QED) is 0.793. The van der Waals surface area contributed by atoms with Crippen LogP contribution in [0.5, 0.6) is 0 Å². The number of hydrogen-bond acceptors (Lipinski definition) is 4. The second-order valence-corrected chi connectivity index (χ2v) is 7.26. The Labute approximate surface area is 128 Å². The van der Waals surface area contributed by atoms with Gasteiger partial charge in [-0.2, -0.15) is 4.31 Å². The largest absolute Gasteiger partial charge is 0.377 e. The van der Waals surface area contributed by atoms with Gasteiger partial charge in [0.25, 0.3) is 0 Å². The smallest absolute Gasteiger partial charge is 0.243 e. The molecule has 1 aromatic carbocycles. The summed E-state index contributed by atoms with van der Waals surface area (Å²) in [5.41, 5.74) is 7.24. The molecule has 0 amide bonds. The summed E-state index contributed by atoms with van der Waals surface area (Å²) in [5.74, 6) is 0. The molecule has 120 valence electrons. The molecule has 1 aromatic rings. The van der Waals surface area contributed by atoms with E-state index in [0.717, 1.165) is 11.1 Å². The summed E-state index contributed by atoms with van der Waals surface area (Å²) < 4.78 is 32.1. The fraction of sp³-hybridized carbons (Fsp3) is 0.600. The molecule has 0 aliphatic heterocycles. The van der Waals surface area contributed by atoms with Crippen molar-refractivity contribution < 1.29 is 13.2 Å². The second-order valence-electron chi connectivity index (χ2n) is 5.25. The van der Waals surface area contributed by atoms with E-state index < -0.39 is 10.0 Å². The number of benzene rings is 1. The average Bonchev–Trinajstić information content (AvgIpc) is 2.45. The number of sulfonamides is 1. The lowest BCUT2D eigenvalue weighted by Gasteiger charge is -2.20. The lowest BCUT2D eigenvalue weighted by molar-refractivity contribution is 0.0737. The molecular weight excluding hydrogens is 288 g/mol. The highest BCUT2D eigenvalue weighted by Gasteiger charge is 2.23. The lowest BCUT2D eigenvalue weighted by Crippen LogP contribution is -2.31. The van der Waals surface area contributed by atoms with Gasteiger partial charge in [0.2, 0.25) is 10.0 Å². The van der Waals surface area contributed by atoms with Gasteiger partial charge in [-0.3, -0.25) is 0 Å². The molecule has 0 unspecified atom stereocenters. The molecule has 0 fully saturated rings. The summed E-state index contributed by atoms with van der Waals surface area (Å²) in [6, 6.07) is 5.39. The van der Waals surface area contributed by atoms with E-state index in [1.54, 1.807) is 13.1 Å². The van der Waals surface area contributed by atoms with Crippen molar-refractivity contribution in [3.63, 3.8) is 0 Å². The molecule has 0 spiro atoms. The van der Waals surface area contributed by atoms with Crippen LogP contribution in [0.15, 0.2) is 23.1 Å². The first-order chi connectivity index (χ1) is 9.82. The Bertz CT molecular complexity index is 556. The molecule has 2 N–H and O–H groups in total. The van der Waals surface area contributed by atoms with Crippen LogP contribution in [0, 0.1) is 0 Å². The van der Waals surface area contributed by atoms with Crippen LogP contribution in [0.2, 0.25) is 0 Å². The molecule has 0 saturated heterocycles. The van der Waals surface area contributed by atoms with Crippen molar-refractivity contribution in [2.45, 2.75) is 44.7 Å². The number of hydrogen-bond donors (Lipinski definition) is 1. The highest BCUT2D eigenvalue weighted by Crippen LogP contribution is 2.21. The van der Waals surface area contributed by atoms with E-state index in [1.807, 2.05) is 32.9 Å². The highest BCUT2D eigenvalue weighted by molar-refractivity contribution is 7.89. The van der Waals surface area contributed by atoms with Gasteiger partial charge in [-0.05, 0) is 37.5 Å². The topological polar surface area (TPSA) is 72.6 Å². The third-order valence-electron chi connectivity index (χ3n) is 3.29. The molecule has 0 atom stereocenters. The van der Waals surface area contributed by atoms with Crippen LogP contribution in [0.25, 0.3) is 0 Å². The van der Waals surface area contributed by atoms with Crippen molar-refractivity contribution in [1.29, 1.82) is 0 Å². The third kappa shape index (κ3) is 4.78. The zero-order valence-electron chi connectivity index (χ0n) is 13.3. The van der Waals surface area contributed by atoms with E-state index in [1.165, 1.54) is 4.31 Å². The van der Waals surface area contributed by atoms with Gasteiger partial charge in [-0.25, -0.2) is 8.42 Å². The Morgan fingerprint density at radius 2 is 2.00 bits per heavy atom. The van der Waals surface area contributed by atoms with E-state index in [0.29, 0.717) is 31.0 Å². The lowest BCUT2D eigenvalue weighted by atomic mass is 10.1. The van der Waals surface area contributed by atoms with Gasteiger partial charge in [-0.1, -0.05) is 19.1 Å². The van der Waals surface area contributed by atoms with E-state index >= 15 is 0 Å². The minimum atomic E-state index is -3.51. The van der Waals surface area contributed by atoms with Crippen molar-refractivity contribution >= 4 is 10.0 Å². The summed E-state index contributed by atoms with van der Waals surface area (Å²) in [5, 5.41) is 0. The standard InChI is InChI=1S/C15H26N2O3S/c1-5-14-7-6-13(11-16)10-15(14)21(18,19)17(4)8-9-20-12(2)3/h6-7,10,12H,5,8-9,11,16H2,1-4H3. The molecule has 0 aromatic heterocycles. The molecule has 0 aliphatic rings. The molecule has 6 heteroatoms. The maximum atomic E-state index is 12.7. The molecule has 0 radical (unpaired) electrons. The minimum Gasteiger partial charge on any atom is -0.377 e. The van der Waals surface area contributed by atoms with E-state index in [4.69, 9.17) is 10.5 Å². The summed E-state index contributed by atoms with van der Waals surface area (Å²) >= 11 is 0. The van der Waals surface area contributed by atoms with E-state index in [-0.39, 0.29) is 6.10 Å². The van der Waals surface area contributed by atoms with Crippen LogP contribution in [-0.2, 0) is 27.7 Å². The number of likely N-dealkylation sites (N-methyl/N-ethyl adjacent to an activating group) is 1. The zero-order valence-corrected chi connectivity index (χ0v) is 14.1. The molecule has 21 heavy (non-hydrogen) atoms. The molecule has 0 heterocycles. The summed E-state index contributed by atoms with van der Waals surface area (Å²) in [7, 11) is -1.94. The first kappa shape index (κ1) is 18.1. The van der Waals surface area contributed by atoms with E-state index in [2.05, 4.69) is 0 Å². The van der Waals surface area contributed by atoms with E-state index in [9.17, 15) is 8.42 Å². The van der Waals surface area contributed by atoms with Crippen LogP contribution in [0.1, 0.15) is 31.9 Å². The summed E-state index contributed by atoms with van der Waals surface area (Å²) in [6.45, 7) is 6.83. The maximum absolute atomic E-state index is 12.7. The van der Waals surface area contributed by atoms with Crippen LogP contribution in [0.4, 0.5) is 0 Å². The number of nitrogens with two attached hydrogens (primary N) is 1. The maximum Gasteiger partial charge on any atom is 0.243 e. The van der Waals surface area contributed by atoms with Gasteiger partial charge < -0.3 is 10.5 Å². The second kappa shape index (κ2) is 7.89. The number of nitrogens with zero attached hydrogens (tertiary/aromatic N) is 1. The minimum absolute atomic E-state index is 0.0906. The van der Waals surface area contributed by atoms with Crippen molar-refractivity contribution in [2.24, 2.45) is 5.73 Å². The van der Waals surface area contributed by atoms with Crippen LogP contribution in [-0.4, -0.2) is 39.0 Å². The average molecular weight is 314 g/mol. The molecule has 0 bridgehead atoms. The number of ether oxygens (including phenoxy) is 1.